The molecule has 1 aromatic carbocycles. The normalized spacial score (nSPS) is 23.0. The van der Waals surface area contributed by atoms with E-state index in [-0.39, 0.29) is 11.8 Å². The number of likely N-dealkylation sites (tertiary alicyclic amines) is 1. The average molecular weight is 280 g/mol. The fraction of sp³-hybridized carbons (Fsp3) is 0.533. The van der Waals surface area contributed by atoms with Gasteiger partial charge in [-0.25, -0.2) is 8.78 Å². The predicted octanol–water partition coefficient (Wildman–Crippen LogP) is 2.07. The van der Waals surface area contributed by atoms with Gasteiger partial charge in [-0.1, -0.05) is 6.07 Å². The van der Waals surface area contributed by atoms with Crippen LogP contribution in [0.4, 0.5) is 8.78 Å². The first kappa shape index (κ1) is 13.5. The second kappa shape index (κ2) is 5.48. The molecular formula is C15H18F2N2O. The molecular weight excluding hydrogens is 262 g/mol. The largest absolute Gasteiger partial charge is 0.353 e. The lowest BCUT2D eigenvalue weighted by Crippen LogP contribution is -2.34. The van der Waals surface area contributed by atoms with E-state index in [1.54, 1.807) is 6.07 Å². The van der Waals surface area contributed by atoms with Gasteiger partial charge in [-0.15, -0.1) is 0 Å². The lowest BCUT2D eigenvalue weighted by atomic mass is 10.1. The van der Waals surface area contributed by atoms with Gasteiger partial charge in [0.25, 0.3) is 0 Å². The summed E-state index contributed by atoms with van der Waals surface area (Å²) in [5.41, 5.74) is 0.743. The first-order valence-electron chi connectivity index (χ1n) is 7.08. The molecule has 1 heterocycles. The maximum atomic E-state index is 13.2. The molecule has 1 saturated carbocycles. The molecule has 5 heteroatoms. The van der Waals surface area contributed by atoms with E-state index >= 15 is 0 Å². The number of benzene rings is 1. The van der Waals surface area contributed by atoms with Crippen LogP contribution in [-0.2, 0) is 11.3 Å². The second-order valence-corrected chi connectivity index (χ2v) is 5.75. The minimum Gasteiger partial charge on any atom is -0.353 e. The van der Waals surface area contributed by atoms with Crippen molar-refractivity contribution in [3.05, 3.63) is 35.4 Å². The lowest BCUT2D eigenvalue weighted by Gasteiger charge is -2.16. The van der Waals surface area contributed by atoms with Gasteiger partial charge in [0.2, 0.25) is 5.91 Å². The lowest BCUT2D eigenvalue weighted by molar-refractivity contribution is -0.124. The molecule has 2 fully saturated rings. The predicted molar refractivity (Wildman–Crippen MR) is 70.9 cm³/mol. The smallest absolute Gasteiger partial charge is 0.224 e. The van der Waals surface area contributed by atoms with Crippen LogP contribution in [0.5, 0.6) is 0 Å². The minimum absolute atomic E-state index is 0.0286. The van der Waals surface area contributed by atoms with E-state index in [4.69, 9.17) is 0 Å². The molecule has 0 aromatic heterocycles. The molecule has 1 N–H and O–H groups in total. The van der Waals surface area contributed by atoms with Crippen molar-refractivity contribution in [3.63, 3.8) is 0 Å². The van der Waals surface area contributed by atoms with Crippen molar-refractivity contribution in [3.8, 4) is 0 Å². The van der Waals surface area contributed by atoms with E-state index in [0.29, 0.717) is 19.1 Å². The van der Waals surface area contributed by atoms with E-state index < -0.39 is 11.6 Å². The first-order chi connectivity index (χ1) is 9.61. The van der Waals surface area contributed by atoms with Crippen LogP contribution in [0.25, 0.3) is 0 Å². The summed E-state index contributed by atoms with van der Waals surface area (Å²) < 4.78 is 26.0. The Bertz CT molecular complexity index is 517. The number of carbonyl (C=O) groups excluding carboxylic acids is 1. The van der Waals surface area contributed by atoms with E-state index in [9.17, 15) is 13.6 Å². The van der Waals surface area contributed by atoms with Crippen LogP contribution in [0, 0.1) is 17.6 Å². The molecule has 20 heavy (non-hydrogen) atoms. The van der Waals surface area contributed by atoms with Crippen molar-refractivity contribution in [1.82, 2.24) is 10.2 Å². The molecule has 3 rings (SSSR count). The summed E-state index contributed by atoms with van der Waals surface area (Å²) in [6.45, 7) is 2.07. The van der Waals surface area contributed by atoms with Crippen LogP contribution >= 0.6 is 0 Å². The number of hydrogen-bond donors (Lipinski definition) is 1. The molecule has 1 aliphatic carbocycles. The maximum Gasteiger partial charge on any atom is 0.224 e. The molecule has 0 spiro atoms. The van der Waals surface area contributed by atoms with Crippen LogP contribution in [-0.4, -0.2) is 29.9 Å². The fourth-order valence-electron chi connectivity index (χ4n) is 2.63. The Balaban J connectivity index is 1.54. The Kier molecular flexibility index (Phi) is 3.70. The van der Waals surface area contributed by atoms with E-state index in [1.807, 2.05) is 0 Å². The second-order valence-electron chi connectivity index (χ2n) is 5.75. The standard InChI is InChI=1S/C15H18F2N2O/c16-13-4-1-10(7-14(13)17)8-19-6-5-11(9-19)15(20)18-12-2-3-12/h1,4,7,11-12H,2-3,5-6,8-9H2,(H,18,20). The SMILES string of the molecule is O=C(NC1CC1)C1CCN(Cc2ccc(F)c(F)c2)C1. The summed E-state index contributed by atoms with van der Waals surface area (Å²) in [6, 6.07) is 4.36. The van der Waals surface area contributed by atoms with Gasteiger partial charge in [0, 0.05) is 19.1 Å². The van der Waals surface area contributed by atoms with Crippen LogP contribution in [0.15, 0.2) is 18.2 Å². The Morgan fingerprint density at radius 3 is 2.75 bits per heavy atom. The summed E-state index contributed by atoms with van der Waals surface area (Å²) in [6.07, 6.45) is 3.02. The molecule has 2 aliphatic rings. The van der Waals surface area contributed by atoms with Crippen molar-refractivity contribution in [2.24, 2.45) is 5.92 Å². The van der Waals surface area contributed by atoms with Gasteiger partial charge < -0.3 is 5.32 Å². The third-order valence-corrected chi connectivity index (χ3v) is 3.96. The number of amides is 1. The molecule has 0 radical (unpaired) electrons. The van der Waals surface area contributed by atoms with Crippen molar-refractivity contribution in [1.29, 1.82) is 0 Å². The minimum atomic E-state index is -0.822. The zero-order chi connectivity index (χ0) is 14.1. The van der Waals surface area contributed by atoms with Gasteiger partial charge in [-0.2, -0.15) is 0 Å². The van der Waals surface area contributed by atoms with Gasteiger partial charge in [-0.05, 0) is 43.5 Å². The van der Waals surface area contributed by atoms with E-state index in [1.165, 1.54) is 6.07 Å². The molecule has 0 bridgehead atoms. The Labute approximate surface area is 117 Å². The molecule has 1 unspecified atom stereocenters. The Morgan fingerprint density at radius 2 is 2.05 bits per heavy atom. The van der Waals surface area contributed by atoms with Gasteiger partial charge >= 0.3 is 0 Å². The third kappa shape index (κ3) is 3.15. The number of nitrogens with one attached hydrogen (secondary N) is 1. The molecule has 1 saturated heterocycles. The summed E-state index contributed by atoms with van der Waals surface area (Å²) >= 11 is 0. The van der Waals surface area contributed by atoms with Crippen molar-refractivity contribution < 1.29 is 13.6 Å². The summed E-state index contributed by atoms with van der Waals surface area (Å²) in [5, 5.41) is 3.02. The average Bonchev–Trinajstić information content (AvgIpc) is 3.10. The van der Waals surface area contributed by atoms with Crippen LogP contribution in [0.1, 0.15) is 24.8 Å². The van der Waals surface area contributed by atoms with Crippen LogP contribution in [0.3, 0.4) is 0 Å². The molecule has 1 aliphatic heterocycles. The van der Waals surface area contributed by atoms with Crippen molar-refractivity contribution >= 4 is 5.91 Å². The number of hydrogen-bond acceptors (Lipinski definition) is 2. The van der Waals surface area contributed by atoms with E-state index in [0.717, 1.165) is 37.4 Å². The molecule has 1 aromatic rings. The Hall–Kier alpha value is -1.49. The summed E-state index contributed by atoms with van der Waals surface area (Å²) in [5.74, 6) is -1.47. The zero-order valence-electron chi connectivity index (χ0n) is 11.2. The number of nitrogens with zero attached hydrogens (tertiary/aromatic N) is 1. The summed E-state index contributed by atoms with van der Waals surface area (Å²) in [4.78, 5) is 14.1. The number of rotatable bonds is 4. The molecule has 108 valence electrons. The van der Waals surface area contributed by atoms with Crippen LogP contribution < -0.4 is 5.32 Å². The number of halogens is 2. The van der Waals surface area contributed by atoms with E-state index in [2.05, 4.69) is 10.2 Å². The van der Waals surface area contributed by atoms with Crippen LogP contribution in [0.2, 0.25) is 0 Å². The highest BCUT2D eigenvalue weighted by Crippen LogP contribution is 2.23. The maximum absolute atomic E-state index is 13.2. The van der Waals surface area contributed by atoms with Gasteiger partial charge in [-0.3, -0.25) is 9.69 Å². The third-order valence-electron chi connectivity index (χ3n) is 3.96. The van der Waals surface area contributed by atoms with Crippen molar-refractivity contribution in [2.75, 3.05) is 13.1 Å². The summed E-state index contributed by atoms with van der Waals surface area (Å²) in [7, 11) is 0. The zero-order valence-corrected chi connectivity index (χ0v) is 11.2. The number of carbonyl (C=O) groups is 1. The van der Waals surface area contributed by atoms with Gasteiger partial charge in [0.05, 0.1) is 5.92 Å². The molecule has 1 amide bonds. The molecule has 1 atom stereocenters. The fourth-order valence-corrected chi connectivity index (χ4v) is 2.63. The van der Waals surface area contributed by atoms with Crippen molar-refractivity contribution in [2.45, 2.75) is 31.8 Å². The Morgan fingerprint density at radius 1 is 1.25 bits per heavy atom. The first-order valence-corrected chi connectivity index (χ1v) is 7.08. The quantitative estimate of drug-likeness (QED) is 0.915. The highest BCUT2D eigenvalue weighted by Gasteiger charge is 2.31. The topological polar surface area (TPSA) is 32.3 Å². The molecule has 3 nitrogen and oxygen atoms in total. The highest BCUT2D eigenvalue weighted by atomic mass is 19.2. The van der Waals surface area contributed by atoms with Gasteiger partial charge in [0.15, 0.2) is 11.6 Å². The van der Waals surface area contributed by atoms with Gasteiger partial charge in [0.1, 0.15) is 0 Å². The highest BCUT2D eigenvalue weighted by molar-refractivity contribution is 5.79. The monoisotopic (exact) mass is 280 g/mol.